The van der Waals surface area contributed by atoms with E-state index in [0.29, 0.717) is 24.6 Å². The number of hydrogen-bond donors (Lipinski definition) is 0. The van der Waals surface area contributed by atoms with Crippen molar-refractivity contribution in [1.82, 2.24) is 15.0 Å². The number of benzene rings is 2. The summed E-state index contributed by atoms with van der Waals surface area (Å²) in [5.41, 5.74) is 3.23. The standard InChI is InChI=1S/C22H23N3O2/c26-21(25-15-5-2-6-16-25)14-13-20-23-22(24-27-20)19-11-9-18(10-12-19)17-7-3-1-4-8-17/h1,3-4,7-12H,2,5-6,13-16H2. The Kier molecular flexibility index (Phi) is 5.28. The number of amides is 1. The summed E-state index contributed by atoms with van der Waals surface area (Å²) < 4.78 is 5.34. The SMILES string of the molecule is O=C(CCc1nc(-c2ccc(-c3ccccc3)cc2)no1)N1CCCCC1. The van der Waals surface area contributed by atoms with Crippen LogP contribution in [-0.4, -0.2) is 34.0 Å². The van der Waals surface area contributed by atoms with Gasteiger partial charge < -0.3 is 9.42 Å². The molecule has 1 saturated heterocycles. The summed E-state index contributed by atoms with van der Waals surface area (Å²) in [5, 5.41) is 4.07. The number of likely N-dealkylation sites (tertiary alicyclic amines) is 1. The summed E-state index contributed by atoms with van der Waals surface area (Å²) in [6, 6.07) is 18.3. The van der Waals surface area contributed by atoms with Crippen molar-refractivity contribution in [3.63, 3.8) is 0 Å². The van der Waals surface area contributed by atoms with Crippen LogP contribution in [0.3, 0.4) is 0 Å². The molecule has 1 aliphatic rings. The van der Waals surface area contributed by atoms with Gasteiger partial charge in [-0.05, 0) is 30.4 Å². The fourth-order valence-corrected chi connectivity index (χ4v) is 3.43. The van der Waals surface area contributed by atoms with Crippen LogP contribution in [0, 0.1) is 0 Å². The lowest BCUT2D eigenvalue weighted by molar-refractivity contribution is -0.132. The number of piperidine rings is 1. The number of aryl methyl sites for hydroxylation is 1. The predicted molar refractivity (Wildman–Crippen MR) is 104 cm³/mol. The summed E-state index contributed by atoms with van der Waals surface area (Å²) in [5.74, 6) is 1.26. The van der Waals surface area contributed by atoms with E-state index in [0.717, 1.165) is 37.1 Å². The van der Waals surface area contributed by atoms with Crippen molar-refractivity contribution in [2.75, 3.05) is 13.1 Å². The summed E-state index contributed by atoms with van der Waals surface area (Å²) in [6.07, 6.45) is 4.35. The first-order valence-corrected chi connectivity index (χ1v) is 9.56. The molecule has 0 atom stereocenters. The van der Waals surface area contributed by atoms with Crippen LogP contribution in [0.2, 0.25) is 0 Å². The molecule has 4 rings (SSSR count). The zero-order valence-corrected chi connectivity index (χ0v) is 15.3. The van der Waals surface area contributed by atoms with Crippen LogP contribution in [0.4, 0.5) is 0 Å². The van der Waals surface area contributed by atoms with E-state index in [2.05, 4.69) is 34.4 Å². The highest BCUT2D eigenvalue weighted by Crippen LogP contribution is 2.23. The van der Waals surface area contributed by atoms with Crippen LogP contribution in [0.15, 0.2) is 59.1 Å². The Labute approximate surface area is 159 Å². The van der Waals surface area contributed by atoms with Gasteiger partial charge in [0.05, 0.1) is 0 Å². The maximum Gasteiger partial charge on any atom is 0.227 e. The van der Waals surface area contributed by atoms with Gasteiger partial charge in [-0.2, -0.15) is 4.98 Å². The first-order valence-electron chi connectivity index (χ1n) is 9.56. The number of carbonyl (C=O) groups is 1. The molecular weight excluding hydrogens is 338 g/mol. The van der Waals surface area contributed by atoms with Crippen molar-refractivity contribution in [3.05, 3.63) is 60.5 Å². The lowest BCUT2D eigenvalue weighted by atomic mass is 10.0. The third kappa shape index (κ3) is 4.25. The smallest absolute Gasteiger partial charge is 0.227 e. The highest BCUT2D eigenvalue weighted by Gasteiger charge is 2.17. The lowest BCUT2D eigenvalue weighted by Gasteiger charge is -2.26. The number of hydrogen-bond acceptors (Lipinski definition) is 4. The average Bonchev–Trinajstić information content (AvgIpc) is 3.22. The maximum atomic E-state index is 12.3. The molecule has 1 aliphatic heterocycles. The Morgan fingerprint density at radius 3 is 2.30 bits per heavy atom. The van der Waals surface area contributed by atoms with Gasteiger partial charge in [0.1, 0.15) is 0 Å². The first-order chi connectivity index (χ1) is 13.3. The van der Waals surface area contributed by atoms with Gasteiger partial charge in [0.25, 0.3) is 0 Å². The normalized spacial score (nSPS) is 14.3. The zero-order valence-electron chi connectivity index (χ0n) is 15.3. The monoisotopic (exact) mass is 361 g/mol. The molecule has 1 amide bonds. The van der Waals surface area contributed by atoms with Crippen molar-refractivity contribution in [2.24, 2.45) is 0 Å². The highest BCUT2D eigenvalue weighted by atomic mass is 16.5. The molecule has 0 saturated carbocycles. The Balaban J connectivity index is 1.38. The van der Waals surface area contributed by atoms with E-state index >= 15 is 0 Å². The molecule has 5 heteroatoms. The summed E-state index contributed by atoms with van der Waals surface area (Å²) in [7, 11) is 0. The summed E-state index contributed by atoms with van der Waals surface area (Å²) >= 11 is 0. The molecule has 2 heterocycles. The third-order valence-electron chi connectivity index (χ3n) is 4.98. The summed E-state index contributed by atoms with van der Waals surface area (Å²) in [4.78, 5) is 18.7. The molecule has 138 valence electrons. The first kappa shape index (κ1) is 17.5. The van der Waals surface area contributed by atoms with Crippen LogP contribution in [0.5, 0.6) is 0 Å². The molecule has 0 spiro atoms. The quantitative estimate of drug-likeness (QED) is 0.678. The zero-order chi connectivity index (χ0) is 18.5. The van der Waals surface area contributed by atoms with E-state index in [9.17, 15) is 4.79 Å². The molecule has 0 aliphatic carbocycles. The van der Waals surface area contributed by atoms with E-state index in [-0.39, 0.29) is 5.91 Å². The number of rotatable bonds is 5. The second-order valence-corrected chi connectivity index (χ2v) is 6.90. The van der Waals surface area contributed by atoms with Gasteiger partial charge >= 0.3 is 0 Å². The molecule has 27 heavy (non-hydrogen) atoms. The van der Waals surface area contributed by atoms with Crippen LogP contribution >= 0.6 is 0 Å². The number of nitrogens with zero attached hydrogens (tertiary/aromatic N) is 3. The third-order valence-corrected chi connectivity index (χ3v) is 4.98. The average molecular weight is 361 g/mol. The van der Waals surface area contributed by atoms with Crippen molar-refractivity contribution in [3.8, 4) is 22.5 Å². The van der Waals surface area contributed by atoms with Gasteiger partial charge in [0.2, 0.25) is 17.6 Å². The highest BCUT2D eigenvalue weighted by molar-refractivity contribution is 5.76. The molecule has 0 unspecified atom stereocenters. The molecule has 0 N–H and O–H groups in total. The molecule has 5 nitrogen and oxygen atoms in total. The van der Waals surface area contributed by atoms with Gasteiger partial charge in [-0.25, -0.2) is 0 Å². The molecule has 3 aromatic rings. The van der Waals surface area contributed by atoms with E-state index < -0.39 is 0 Å². The fourth-order valence-electron chi connectivity index (χ4n) is 3.43. The summed E-state index contributed by atoms with van der Waals surface area (Å²) in [6.45, 7) is 1.75. The lowest BCUT2D eigenvalue weighted by Crippen LogP contribution is -2.35. The Bertz CT molecular complexity index is 881. The van der Waals surface area contributed by atoms with Crippen molar-refractivity contribution in [2.45, 2.75) is 32.1 Å². The molecule has 1 fully saturated rings. The van der Waals surface area contributed by atoms with Crippen molar-refractivity contribution in [1.29, 1.82) is 0 Å². The van der Waals surface area contributed by atoms with Gasteiger partial charge in [-0.15, -0.1) is 0 Å². The second kappa shape index (κ2) is 8.16. The predicted octanol–water partition coefficient (Wildman–Crippen LogP) is 4.35. The maximum absolute atomic E-state index is 12.3. The van der Waals surface area contributed by atoms with Gasteiger partial charge in [0, 0.05) is 31.5 Å². The van der Waals surface area contributed by atoms with Crippen LogP contribution in [0.1, 0.15) is 31.6 Å². The van der Waals surface area contributed by atoms with Crippen LogP contribution < -0.4 is 0 Å². The topological polar surface area (TPSA) is 59.2 Å². The van der Waals surface area contributed by atoms with E-state index in [4.69, 9.17) is 4.52 Å². The minimum Gasteiger partial charge on any atom is -0.343 e. The van der Waals surface area contributed by atoms with E-state index in [1.165, 1.54) is 12.0 Å². The Hall–Kier alpha value is -2.95. The van der Waals surface area contributed by atoms with Gasteiger partial charge in [-0.1, -0.05) is 59.8 Å². The molecule has 2 aromatic carbocycles. The molecular formula is C22H23N3O2. The van der Waals surface area contributed by atoms with Gasteiger partial charge in [0.15, 0.2) is 0 Å². The Morgan fingerprint density at radius 1 is 0.889 bits per heavy atom. The fraction of sp³-hybridized carbons (Fsp3) is 0.318. The number of carbonyl (C=O) groups excluding carboxylic acids is 1. The molecule has 1 aromatic heterocycles. The Morgan fingerprint density at radius 2 is 1.56 bits per heavy atom. The second-order valence-electron chi connectivity index (χ2n) is 6.90. The molecule has 0 bridgehead atoms. The number of aromatic nitrogens is 2. The van der Waals surface area contributed by atoms with Gasteiger partial charge in [-0.3, -0.25) is 4.79 Å². The van der Waals surface area contributed by atoms with Crippen LogP contribution in [0.25, 0.3) is 22.5 Å². The van der Waals surface area contributed by atoms with E-state index in [1.54, 1.807) is 0 Å². The van der Waals surface area contributed by atoms with Crippen molar-refractivity contribution >= 4 is 5.91 Å². The van der Waals surface area contributed by atoms with E-state index in [1.807, 2.05) is 35.2 Å². The largest absolute Gasteiger partial charge is 0.343 e. The minimum absolute atomic E-state index is 0.182. The van der Waals surface area contributed by atoms with Crippen molar-refractivity contribution < 1.29 is 9.32 Å². The molecule has 0 radical (unpaired) electrons. The minimum atomic E-state index is 0.182. The van der Waals surface area contributed by atoms with Crippen LogP contribution in [-0.2, 0) is 11.2 Å².